The number of rotatable bonds is 3. The number of carbonyl (C=O) groups is 2. The lowest BCUT2D eigenvalue weighted by molar-refractivity contribution is -0.162. The third-order valence-electron chi connectivity index (χ3n) is 4.60. The zero-order chi connectivity index (χ0) is 12.7. The zero-order valence-corrected chi connectivity index (χ0v) is 10.2. The Morgan fingerprint density at radius 2 is 1.67 bits per heavy atom. The van der Waals surface area contributed by atoms with Gasteiger partial charge in [0.15, 0.2) is 0 Å². The van der Waals surface area contributed by atoms with Crippen molar-refractivity contribution in [1.82, 2.24) is 0 Å². The van der Waals surface area contributed by atoms with Gasteiger partial charge in [-0.1, -0.05) is 12.2 Å². The van der Waals surface area contributed by atoms with Crippen LogP contribution in [0.3, 0.4) is 0 Å². The van der Waals surface area contributed by atoms with E-state index in [1.165, 1.54) is 0 Å². The van der Waals surface area contributed by atoms with E-state index in [2.05, 4.69) is 0 Å². The molecule has 4 unspecified atom stereocenters. The molecule has 2 bridgehead atoms. The molecule has 4 heteroatoms. The second-order valence-corrected chi connectivity index (χ2v) is 5.68. The molecule has 2 fully saturated rings. The first kappa shape index (κ1) is 11.8. The van der Waals surface area contributed by atoms with Crippen LogP contribution in [0.25, 0.3) is 0 Å². The molecule has 98 valence electrons. The molecule has 0 radical (unpaired) electrons. The Balaban J connectivity index is 1.71. The standard InChI is InChI=1S/C14H18O4/c15-13(16)11-8-5-6-9(7-8)12(11)14(17)18-10-3-1-2-4-10/h5-6,8-12H,1-4,7H2,(H,15,16). The number of ether oxygens (including phenoxy) is 1. The molecule has 0 amide bonds. The number of carbonyl (C=O) groups excluding carboxylic acids is 1. The van der Waals surface area contributed by atoms with Crippen LogP contribution < -0.4 is 0 Å². The summed E-state index contributed by atoms with van der Waals surface area (Å²) < 4.78 is 5.49. The summed E-state index contributed by atoms with van der Waals surface area (Å²) in [7, 11) is 0. The Bertz CT molecular complexity index is 395. The number of esters is 1. The minimum Gasteiger partial charge on any atom is -0.481 e. The van der Waals surface area contributed by atoms with E-state index < -0.39 is 17.8 Å². The average molecular weight is 250 g/mol. The summed E-state index contributed by atoms with van der Waals surface area (Å²) in [5.74, 6) is -2.09. The number of carboxylic acids is 1. The van der Waals surface area contributed by atoms with E-state index >= 15 is 0 Å². The molecule has 1 N–H and O–H groups in total. The van der Waals surface area contributed by atoms with E-state index in [0.29, 0.717) is 0 Å². The van der Waals surface area contributed by atoms with E-state index in [1.54, 1.807) is 0 Å². The van der Waals surface area contributed by atoms with Gasteiger partial charge < -0.3 is 9.84 Å². The number of carboxylic acid groups (broad SMARTS) is 1. The van der Waals surface area contributed by atoms with Crippen LogP contribution in [-0.2, 0) is 14.3 Å². The number of hydrogen-bond donors (Lipinski definition) is 1. The average Bonchev–Trinajstić information content (AvgIpc) is 3.03. The van der Waals surface area contributed by atoms with Crippen molar-refractivity contribution < 1.29 is 19.4 Å². The van der Waals surface area contributed by atoms with Crippen molar-refractivity contribution in [3.05, 3.63) is 12.2 Å². The molecule has 2 saturated carbocycles. The van der Waals surface area contributed by atoms with Gasteiger partial charge in [-0.25, -0.2) is 0 Å². The molecule has 3 rings (SSSR count). The van der Waals surface area contributed by atoms with Crippen LogP contribution in [0.15, 0.2) is 12.2 Å². The van der Waals surface area contributed by atoms with Crippen LogP contribution in [0.1, 0.15) is 32.1 Å². The largest absolute Gasteiger partial charge is 0.481 e. The van der Waals surface area contributed by atoms with Crippen LogP contribution in [0.4, 0.5) is 0 Å². The molecule has 3 aliphatic rings. The number of hydrogen-bond acceptors (Lipinski definition) is 3. The molecular formula is C14H18O4. The first-order chi connectivity index (χ1) is 8.66. The molecule has 0 aromatic rings. The molecule has 4 atom stereocenters. The topological polar surface area (TPSA) is 63.6 Å². The van der Waals surface area contributed by atoms with Crippen molar-refractivity contribution in [3.63, 3.8) is 0 Å². The molecule has 0 aliphatic heterocycles. The first-order valence-electron chi connectivity index (χ1n) is 6.78. The molecule has 3 aliphatic carbocycles. The molecule has 0 aromatic heterocycles. The smallest absolute Gasteiger partial charge is 0.310 e. The summed E-state index contributed by atoms with van der Waals surface area (Å²) in [5, 5.41) is 9.27. The SMILES string of the molecule is O=C(O)C1C2C=CC(C2)C1C(=O)OC1CCCC1. The number of aliphatic carboxylic acids is 1. The molecule has 4 nitrogen and oxygen atoms in total. The number of fused-ring (bicyclic) bond motifs is 2. The molecular weight excluding hydrogens is 232 g/mol. The third-order valence-corrected chi connectivity index (χ3v) is 4.60. The lowest BCUT2D eigenvalue weighted by atomic mass is 9.83. The maximum absolute atomic E-state index is 12.2. The maximum atomic E-state index is 12.2. The van der Waals surface area contributed by atoms with Gasteiger partial charge >= 0.3 is 11.9 Å². The van der Waals surface area contributed by atoms with Gasteiger partial charge in [-0.15, -0.1) is 0 Å². The molecule has 0 heterocycles. The van der Waals surface area contributed by atoms with Gasteiger partial charge in [0.2, 0.25) is 0 Å². The summed E-state index contributed by atoms with van der Waals surface area (Å²) in [5.41, 5.74) is 0. The summed E-state index contributed by atoms with van der Waals surface area (Å²) in [6.07, 6.45) is 8.83. The predicted molar refractivity (Wildman–Crippen MR) is 63.7 cm³/mol. The van der Waals surface area contributed by atoms with Crippen molar-refractivity contribution in [2.45, 2.75) is 38.2 Å². The highest BCUT2D eigenvalue weighted by molar-refractivity contribution is 5.83. The molecule has 0 aromatic carbocycles. The van der Waals surface area contributed by atoms with Gasteiger partial charge in [0, 0.05) is 0 Å². The van der Waals surface area contributed by atoms with Crippen molar-refractivity contribution in [1.29, 1.82) is 0 Å². The van der Waals surface area contributed by atoms with Crippen molar-refractivity contribution in [2.75, 3.05) is 0 Å². The van der Waals surface area contributed by atoms with Crippen molar-refractivity contribution >= 4 is 11.9 Å². The summed E-state index contributed by atoms with van der Waals surface area (Å²) in [6, 6.07) is 0. The lowest BCUT2D eigenvalue weighted by Gasteiger charge is -2.24. The Labute approximate surface area is 106 Å². The van der Waals surface area contributed by atoms with E-state index in [1.807, 2.05) is 12.2 Å². The second kappa shape index (κ2) is 4.41. The fourth-order valence-corrected chi connectivity index (χ4v) is 3.73. The summed E-state index contributed by atoms with van der Waals surface area (Å²) in [6.45, 7) is 0. The Kier molecular flexibility index (Phi) is 2.88. The van der Waals surface area contributed by atoms with Crippen LogP contribution in [0, 0.1) is 23.7 Å². The van der Waals surface area contributed by atoms with Crippen molar-refractivity contribution in [2.24, 2.45) is 23.7 Å². The van der Waals surface area contributed by atoms with Crippen LogP contribution in [0.2, 0.25) is 0 Å². The van der Waals surface area contributed by atoms with E-state index in [4.69, 9.17) is 4.74 Å². The monoisotopic (exact) mass is 250 g/mol. The van der Waals surface area contributed by atoms with Gasteiger partial charge in [-0.2, -0.15) is 0 Å². The van der Waals surface area contributed by atoms with Crippen LogP contribution in [-0.4, -0.2) is 23.1 Å². The van der Waals surface area contributed by atoms with Gasteiger partial charge in [0.1, 0.15) is 6.10 Å². The first-order valence-corrected chi connectivity index (χ1v) is 6.78. The summed E-state index contributed by atoms with van der Waals surface area (Å²) in [4.78, 5) is 23.5. The highest BCUT2D eigenvalue weighted by Gasteiger charge is 2.52. The quantitative estimate of drug-likeness (QED) is 0.614. The Morgan fingerprint density at radius 1 is 1.06 bits per heavy atom. The summed E-state index contributed by atoms with van der Waals surface area (Å²) >= 11 is 0. The normalized spacial score (nSPS) is 38.2. The minimum absolute atomic E-state index is 0.0219. The van der Waals surface area contributed by atoms with Crippen LogP contribution >= 0.6 is 0 Å². The zero-order valence-electron chi connectivity index (χ0n) is 10.2. The van der Waals surface area contributed by atoms with Gasteiger partial charge in [0.05, 0.1) is 11.8 Å². The highest BCUT2D eigenvalue weighted by atomic mass is 16.5. The number of allylic oxidation sites excluding steroid dienone is 2. The Morgan fingerprint density at radius 3 is 2.28 bits per heavy atom. The fourth-order valence-electron chi connectivity index (χ4n) is 3.73. The van der Waals surface area contributed by atoms with E-state index in [9.17, 15) is 14.7 Å². The molecule has 0 saturated heterocycles. The van der Waals surface area contributed by atoms with Gasteiger partial charge in [-0.05, 0) is 43.9 Å². The highest BCUT2D eigenvalue weighted by Crippen LogP contribution is 2.48. The lowest BCUT2D eigenvalue weighted by Crippen LogP contribution is -2.35. The fraction of sp³-hybridized carbons (Fsp3) is 0.714. The van der Waals surface area contributed by atoms with Gasteiger partial charge in [0.25, 0.3) is 0 Å². The molecule has 0 spiro atoms. The second-order valence-electron chi connectivity index (χ2n) is 5.68. The van der Waals surface area contributed by atoms with Gasteiger partial charge in [-0.3, -0.25) is 9.59 Å². The van der Waals surface area contributed by atoms with Crippen molar-refractivity contribution in [3.8, 4) is 0 Å². The molecule has 18 heavy (non-hydrogen) atoms. The van der Waals surface area contributed by atoms with Crippen LogP contribution in [0.5, 0.6) is 0 Å². The maximum Gasteiger partial charge on any atom is 0.310 e. The minimum atomic E-state index is -0.861. The van der Waals surface area contributed by atoms with E-state index in [-0.39, 0.29) is 23.9 Å². The van der Waals surface area contributed by atoms with E-state index in [0.717, 1.165) is 32.1 Å². The predicted octanol–water partition coefficient (Wildman–Crippen LogP) is 2.00. The Hall–Kier alpha value is -1.32. The third kappa shape index (κ3) is 1.84.